The number of para-hydroxylation sites is 1. The van der Waals surface area contributed by atoms with Gasteiger partial charge in [0.25, 0.3) is 0 Å². The van der Waals surface area contributed by atoms with Gasteiger partial charge in [0.05, 0.1) is 6.61 Å². The summed E-state index contributed by atoms with van der Waals surface area (Å²) in [4.78, 5) is 0. The van der Waals surface area contributed by atoms with Gasteiger partial charge in [0.1, 0.15) is 5.75 Å². The van der Waals surface area contributed by atoms with Crippen molar-refractivity contribution >= 4 is 11.6 Å². The van der Waals surface area contributed by atoms with E-state index in [0.29, 0.717) is 5.38 Å². The van der Waals surface area contributed by atoms with Crippen LogP contribution >= 0.6 is 11.6 Å². The molecule has 0 saturated heterocycles. The molecular formula is C15H19ClO. The number of hydrogen-bond acceptors (Lipinski definition) is 1. The molecule has 2 atom stereocenters. The standard InChI is InChI=1S/C15H19ClO/c1-15(8-7-12(16)10-15)13-6-2-4-11-5-3-9-17-14(11)13/h2,4,6,12H,3,5,7-10H2,1H3. The van der Waals surface area contributed by atoms with E-state index in [1.807, 2.05) is 0 Å². The summed E-state index contributed by atoms with van der Waals surface area (Å²) in [6.45, 7) is 3.20. The molecule has 1 aliphatic heterocycles. The molecule has 1 aromatic rings. The van der Waals surface area contributed by atoms with Crippen LogP contribution in [-0.2, 0) is 11.8 Å². The zero-order valence-corrected chi connectivity index (χ0v) is 11.1. The van der Waals surface area contributed by atoms with E-state index in [0.717, 1.165) is 38.0 Å². The molecule has 3 rings (SSSR count). The maximum Gasteiger partial charge on any atom is 0.126 e. The second-order valence-electron chi connectivity index (χ2n) is 5.65. The van der Waals surface area contributed by atoms with E-state index in [2.05, 4.69) is 25.1 Å². The van der Waals surface area contributed by atoms with E-state index in [-0.39, 0.29) is 5.41 Å². The summed E-state index contributed by atoms with van der Waals surface area (Å²) in [7, 11) is 0. The lowest BCUT2D eigenvalue weighted by molar-refractivity contribution is 0.277. The molecule has 0 spiro atoms. The van der Waals surface area contributed by atoms with Crippen molar-refractivity contribution in [1.29, 1.82) is 0 Å². The number of rotatable bonds is 1. The predicted octanol–water partition coefficient (Wildman–Crippen LogP) is 4.06. The average Bonchev–Trinajstić information content (AvgIpc) is 2.70. The van der Waals surface area contributed by atoms with Crippen LogP contribution in [0.25, 0.3) is 0 Å². The highest BCUT2D eigenvalue weighted by atomic mass is 35.5. The second kappa shape index (κ2) is 4.20. The molecule has 1 aromatic carbocycles. The van der Waals surface area contributed by atoms with Crippen molar-refractivity contribution in [2.24, 2.45) is 0 Å². The third-order valence-corrected chi connectivity index (χ3v) is 4.64. The highest BCUT2D eigenvalue weighted by molar-refractivity contribution is 6.20. The number of benzene rings is 1. The molecule has 1 fully saturated rings. The van der Waals surface area contributed by atoms with Crippen molar-refractivity contribution in [3.05, 3.63) is 29.3 Å². The summed E-state index contributed by atoms with van der Waals surface area (Å²) in [5.41, 5.74) is 2.99. The largest absolute Gasteiger partial charge is 0.493 e. The van der Waals surface area contributed by atoms with Crippen molar-refractivity contribution in [1.82, 2.24) is 0 Å². The van der Waals surface area contributed by atoms with Crippen molar-refractivity contribution in [2.75, 3.05) is 6.61 Å². The summed E-state index contributed by atoms with van der Waals surface area (Å²) in [6, 6.07) is 6.61. The third-order valence-electron chi connectivity index (χ3n) is 4.27. The minimum atomic E-state index is 0.217. The highest BCUT2D eigenvalue weighted by Gasteiger charge is 2.38. The molecule has 0 N–H and O–H groups in total. The summed E-state index contributed by atoms with van der Waals surface area (Å²) in [5.74, 6) is 1.16. The molecule has 1 aliphatic carbocycles. The van der Waals surface area contributed by atoms with E-state index in [9.17, 15) is 0 Å². The molecule has 17 heavy (non-hydrogen) atoms. The van der Waals surface area contributed by atoms with Crippen LogP contribution in [0, 0.1) is 0 Å². The molecule has 0 aromatic heterocycles. The molecule has 2 unspecified atom stereocenters. The topological polar surface area (TPSA) is 9.23 Å². The average molecular weight is 251 g/mol. The van der Waals surface area contributed by atoms with Crippen LogP contribution < -0.4 is 4.74 Å². The van der Waals surface area contributed by atoms with Gasteiger partial charge in [0.2, 0.25) is 0 Å². The Bertz CT molecular complexity index is 429. The fourth-order valence-corrected chi connectivity index (χ4v) is 3.73. The summed E-state index contributed by atoms with van der Waals surface area (Å²) in [5, 5.41) is 0.333. The Morgan fingerprint density at radius 1 is 1.41 bits per heavy atom. The van der Waals surface area contributed by atoms with Crippen molar-refractivity contribution < 1.29 is 4.74 Å². The molecule has 1 nitrogen and oxygen atoms in total. The van der Waals surface area contributed by atoms with Gasteiger partial charge in [-0.1, -0.05) is 25.1 Å². The number of aryl methyl sites for hydroxylation is 1. The van der Waals surface area contributed by atoms with Crippen LogP contribution in [0.5, 0.6) is 5.75 Å². The lowest BCUT2D eigenvalue weighted by Gasteiger charge is -2.30. The molecule has 0 bridgehead atoms. The third kappa shape index (κ3) is 1.95. The maximum absolute atomic E-state index is 6.29. The highest BCUT2D eigenvalue weighted by Crippen LogP contribution is 2.47. The van der Waals surface area contributed by atoms with Crippen molar-refractivity contribution in [2.45, 2.75) is 49.8 Å². The number of alkyl halides is 1. The lowest BCUT2D eigenvalue weighted by Crippen LogP contribution is -2.21. The van der Waals surface area contributed by atoms with Crippen LogP contribution in [0.15, 0.2) is 18.2 Å². The van der Waals surface area contributed by atoms with Crippen molar-refractivity contribution in [3.63, 3.8) is 0 Å². The zero-order chi connectivity index (χ0) is 11.9. The quantitative estimate of drug-likeness (QED) is 0.683. The molecule has 1 heterocycles. The van der Waals surface area contributed by atoms with Gasteiger partial charge in [-0.3, -0.25) is 0 Å². The molecule has 92 valence electrons. The van der Waals surface area contributed by atoms with Gasteiger partial charge in [-0.2, -0.15) is 0 Å². The van der Waals surface area contributed by atoms with E-state index in [4.69, 9.17) is 16.3 Å². The normalized spacial score (nSPS) is 32.0. The van der Waals surface area contributed by atoms with Crippen LogP contribution in [0.4, 0.5) is 0 Å². The van der Waals surface area contributed by atoms with Gasteiger partial charge >= 0.3 is 0 Å². The Hall–Kier alpha value is -0.690. The van der Waals surface area contributed by atoms with E-state index >= 15 is 0 Å². The van der Waals surface area contributed by atoms with Crippen LogP contribution in [0.2, 0.25) is 0 Å². The van der Waals surface area contributed by atoms with Gasteiger partial charge < -0.3 is 4.74 Å². The van der Waals surface area contributed by atoms with Gasteiger partial charge in [0, 0.05) is 10.9 Å². The molecule has 0 amide bonds. The fourth-order valence-electron chi connectivity index (χ4n) is 3.28. The van der Waals surface area contributed by atoms with E-state index in [1.165, 1.54) is 17.5 Å². The molecule has 2 aliphatic rings. The van der Waals surface area contributed by atoms with Crippen molar-refractivity contribution in [3.8, 4) is 5.75 Å². The van der Waals surface area contributed by atoms with Gasteiger partial charge in [0.15, 0.2) is 0 Å². The SMILES string of the molecule is CC1(c2cccc3c2OCCC3)CCC(Cl)C1. The van der Waals surface area contributed by atoms with E-state index in [1.54, 1.807) is 0 Å². The van der Waals surface area contributed by atoms with Crippen LogP contribution in [-0.4, -0.2) is 12.0 Å². The Kier molecular flexibility index (Phi) is 2.82. The van der Waals surface area contributed by atoms with Crippen LogP contribution in [0.1, 0.15) is 43.7 Å². The Morgan fingerprint density at radius 2 is 2.29 bits per heavy atom. The van der Waals surface area contributed by atoms with Gasteiger partial charge in [-0.25, -0.2) is 0 Å². The van der Waals surface area contributed by atoms with E-state index < -0.39 is 0 Å². The number of halogens is 1. The van der Waals surface area contributed by atoms with Gasteiger partial charge in [-0.05, 0) is 43.1 Å². The summed E-state index contributed by atoms with van der Waals surface area (Å²) in [6.07, 6.45) is 5.69. The molecular weight excluding hydrogens is 232 g/mol. The number of hydrogen-bond donors (Lipinski definition) is 0. The summed E-state index contributed by atoms with van der Waals surface area (Å²) < 4.78 is 5.92. The monoisotopic (exact) mass is 250 g/mol. The number of fused-ring (bicyclic) bond motifs is 1. The smallest absolute Gasteiger partial charge is 0.126 e. The predicted molar refractivity (Wildman–Crippen MR) is 71.1 cm³/mol. The lowest BCUT2D eigenvalue weighted by atomic mass is 9.79. The first-order valence-corrected chi connectivity index (χ1v) is 7.02. The zero-order valence-electron chi connectivity index (χ0n) is 10.3. The first kappa shape index (κ1) is 11.4. The molecule has 1 saturated carbocycles. The molecule has 2 heteroatoms. The summed E-state index contributed by atoms with van der Waals surface area (Å²) >= 11 is 6.29. The Morgan fingerprint density at radius 3 is 3.06 bits per heavy atom. The minimum Gasteiger partial charge on any atom is -0.493 e. The Labute approximate surface area is 108 Å². The Balaban J connectivity index is 2.03. The maximum atomic E-state index is 6.29. The molecule has 0 radical (unpaired) electrons. The second-order valence-corrected chi connectivity index (χ2v) is 6.26. The minimum absolute atomic E-state index is 0.217. The van der Waals surface area contributed by atoms with Gasteiger partial charge in [-0.15, -0.1) is 11.6 Å². The first-order chi connectivity index (χ1) is 8.19. The van der Waals surface area contributed by atoms with Crippen LogP contribution in [0.3, 0.4) is 0 Å². The number of ether oxygens (including phenoxy) is 1. The first-order valence-electron chi connectivity index (χ1n) is 6.58. The fraction of sp³-hybridized carbons (Fsp3) is 0.600.